The first-order chi connectivity index (χ1) is 9.22. The van der Waals surface area contributed by atoms with E-state index in [1.165, 1.54) is 0 Å². The first-order valence-corrected chi connectivity index (χ1v) is 7.70. The van der Waals surface area contributed by atoms with Gasteiger partial charge in [0.2, 0.25) is 0 Å². The van der Waals surface area contributed by atoms with Gasteiger partial charge < -0.3 is 5.32 Å². The molecule has 0 bridgehead atoms. The summed E-state index contributed by atoms with van der Waals surface area (Å²) in [5.41, 5.74) is 1.12. The highest BCUT2D eigenvalue weighted by Gasteiger charge is 2.09. The lowest BCUT2D eigenvalue weighted by atomic mass is 10.2. The Morgan fingerprint density at radius 1 is 0.947 bits per heavy atom. The fraction of sp³-hybridized carbons (Fsp3) is 0.200. The molecule has 0 aliphatic carbocycles. The molecule has 1 nitrogen and oxygen atoms in total. The molecule has 0 aliphatic rings. The van der Waals surface area contributed by atoms with Crippen LogP contribution < -0.4 is 5.32 Å². The van der Waals surface area contributed by atoms with Gasteiger partial charge in [-0.25, -0.2) is 0 Å². The molecule has 0 aliphatic heterocycles. The van der Waals surface area contributed by atoms with E-state index in [1.54, 1.807) is 11.8 Å². The molecular weight excluding hydrogens is 297 g/mol. The van der Waals surface area contributed by atoms with Crippen molar-refractivity contribution in [3.63, 3.8) is 0 Å². The molecule has 0 spiro atoms. The maximum atomic E-state index is 6.28. The van der Waals surface area contributed by atoms with Gasteiger partial charge in [0, 0.05) is 21.4 Å². The Bertz CT molecular complexity index is 558. The second-order valence-corrected chi connectivity index (χ2v) is 5.93. The van der Waals surface area contributed by atoms with Crippen LogP contribution in [0.2, 0.25) is 10.0 Å². The number of hydrogen-bond acceptors (Lipinski definition) is 2. The Kier molecular flexibility index (Phi) is 5.59. The summed E-state index contributed by atoms with van der Waals surface area (Å²) >= 11 is 14.1. The molecule has 0 unspecified atom stereocenters. The zero-order chi connectivity index (χ0) is 13.7. The molecule has 0 heterocycles. The number of rotatable bonds is 5. The molecule has 0 saturated heterocycles. The Balaban J connectivity index is 2.29. The Morgan fingerprint density at radius 2 is 1.63 bits per heavy atom. The van der Waals surface area contributed by atoms with Gasteiger partial charge in [0.15, 0.2) is 0 Å². The lowest BCUT2D eigenvalue weighted by Gasteiger charge is -2.12. The van der Waals surface area contributed by atoms with E-state index in [9.17, 15) is 0 Å². The van der Waals surface area contributed by atoms with Gasteiger partial charge in [-0.1, -0.05) is 60.1 Å². The van der Waals surface area contributed by atoms with Gasteiger partial charge >= 0.3 is 0 Å². The SMILES string of the molecule is CCNCc1c(Cl)cccc1Sc1ccccc1Cl. The fourth-order valence-electron chi connectivity index (χ4n) is 1.70. The molecule has 4 heteroatoms. The van der Waals surface area contributed by atoms with Gasteiger partial charge in [-0.2, -0.15) is 0 Å². The minimum Gasteiger partial charge on any atom is -0.313 e. The summed E-state index contributed by atoms with van der Waals surface area (Å²) in [6.45, 7) is 3.77. The number of halogens is 2. The summed E-state index contributed by atoms with van der Waals surface area (Å²) in [4.78, 5) is 2.19. The van der Waals surface area contributed by atoms with Crippen LogP contribution >= 0.6 is 35.0 Å². The highest BCUT2D eigenvalue weighted by molar-refractivity contribution is 7.99. The summed E-state index contributed by atoms with van der Waals surface area (Å²) in [5, 5.41) is 4.87. The molecule has 0 fully saturated rings. The third kappa shape index (κ3) is 3.90. The molecule has 100 valence electrons. The van der Waals surface area contributed by atoms with Gasteiger partial charge in [0.25, 0.3) is 0 Å². The Hall–Kier alpha value is -0.670. The van der Waals surface area contributed by atoms with Crippen molar-refractivity contribution in [3.05, 3.63) is 58.1 Å². The lowest BCUT2D eigenvalue weighted by Crippen LogP contribution is -2.12. The quantitative estimate of drug-likeness (QED) is 0.809. The van der Waals surface area contributed by atoms with Crippen LogP contribution in [-0.4, -0.2) is 6.54 Å². The zero-order valence-corrected chi connectivity index (χ0v) is 12.9. The molecular formula is C15H15Cl2NS. The molecule has 0 saturated carbocycles. The number of benzene rings is 2. The summed E-state index contributed by atoms with van der Waals surface area (Å²) in [6.07, 6.45) is 0. The number of hydrogen-bond donors (Lipinski definition) is 1. The van der Waals surface area contributed by atoms with Crippen molar-refractivity contribution in [1.29, 1.82) is 0 Å². The normalized spacial score (nSPS) is 10.7. The molecule has 19 heavy (non-hydrogen) atoms. The van der Waals surface area contributed by atoms with Crippen molar-refractivity contribution >= 4 is 35.0 Å². The minimum absolute atomic E-state index is 0.766. The summed E-state index contributed by atoms with van der Waals surface area (Å²) < 4.78 is 0. The van der Waals surface area contributed by atoms with E-state index >= 15 is 0 Å². The van der Waals surface area contributed by atoms with E-state index in [2.05, 4.69) is 18.3 Å². The number of nitrogens with one attached hydrogen (secondary N) is 1. The summed E-state index contributed by atoms with van der Waals surface area (Å²) in [5.74, 6) is 0. The molecule has 1 N–H and O–H groups in total. The third-order valence-corrected chi connectivity index (χ3v) is 4.66. The van der Waals surface area contributed by atoms with Crippen molar-refractivity contribution in [3.8, 4) is 0 Å². The Morgan fingerprint density at radius 3 is 2.37 bits per heavy atom. The van der Waals surface area contributed by atoms with E-state index in [4.69, 9.17) is 23.2 Å². The van der Waals surface area contributed by atoms with Gasteiger partial charge in [-0.15, -0.1) is 0 Å². The van der Waals surface area contributed by atoms with E-state index in [-0.39, 0.29) is 0 Å². The first kappa shape index (κ1) is 14.7. The van der Waals surface area contributed by atoms with Gasteiger partial charge in [-0.3, -0.25) is 0 Å². The zero-order valence-electron chi connectivity index (χ0n) is 10.6. The molecule has 0 radical (unpaired) electrons. The second-order valence-electron chi connectivity index (χ2n) is 4.03. The predicted octanol–water partition coefficient (Wildman–Crippen LogP) is 5.25. The van der Waals surface area contributed by atoms with Crippen LogP contribution in [0.3, 0.4) is 0 Å². The third-order valence-electron chi connectivity index (χ3n) is 2.68. The summed E-state index contributed by atoms with van der Waals surface area (Å²) in [6, 6.07) is 13.8. The van der Waals surface area contributed by atoms with Crippen LogP contribution in [0.25, 0.3) is 0 Å². The second kappa shape index (κ2) is 7.20. The molecule has 0 aromatic heterocycles. The van der Waals surface area contributed by atoms with E-state index in [0.717, 1.165) is 38.5 Å². The smallest absolute Gasteiger partial charge is 0.0545 e. The van der Waals surface area contributed by atoms with Crippen molar-refractivity contribution < 1.29 is 0 Å². The first-order valence-electron chi connectivity index (χ1n) is 6.13. The average Bonchev–Trinajstić information content (AvgIpc) is 2.41. The van der Waals surface area contributed by atoms with Crippen LogP contribution in [0, 0.1) is 0 Å². The van der Waals surface area contributed by atoms with E-state index in [0.29, 0.717) is 0 Å². The van der Waals surface area contributed by atoms with Gasteiger partial charge in [0.05, 0.1) is 5.02 Å². The van der Waals surface area contributed by atoms with Gasteiger partial charge in [0.1, 0.15) is 0 Å². The fourth-order valence-corrected chi connectivity index (χ4v) is 3.25. The van der Waals surface area contributed by atoms with Crippen LogP contribution in [0.4, 0.5) is 0 Å². The largest absolute Gasteiger partial charge is 0.313 e. The lowest BCUT2D eigenvalue weighted by molar-refractivity contribution is 0.718. The topological polar surface area (TPSA) is 12.0 Å². The van der Waals surface area contributed by atoms with E-state index < -0.39 is 0 Å². The molecule has 2 rings (SSSR count). The molecule has 0 atom stereocenters. The van der Waals surface area contributed by atoms with Crippen molar-refractivity contribution in [1.82, 2.24) is 5.32 Å². The highest BCUT2D eigenvalue weighted by atomic mass is 35.5. The minimum atomic E-state index is 0.766. The monoisotopic (exact) mass is 311 g/mol. The van der Waals surface area contributed by atoms with Gasteiger partial charge in [-0.05, 0) is 36.4 Å². The maximum absolute atomic E-state index is 6.28. The van der Waals surface area contributed by atoms with E-state index in [1.807, 2.05) is 36.4 Å². The molecule has 0 amide bonds. The van der Waals surface area contributed by atoms with Crippen molar-refractivity contribution in [2.45, 2.75) is 23.3 Å². The van der Waals surface area contributed by atoms with Crippen molar-refractivity contribution in [2.24, 2.45) is 0 Å². The standard InChI is InChI=1S/C15H15Cl2NS/c1-2-18-10-11-12(16)7-5-9-14(11)19-15-8-4-3-6-13(15)17/h3-9,18H,2,10H2,1H3. The van der Waals surface area contributed by atoms with Crippen LogP contribution in [0.15, 0.2) is 52.3 Å². The van der Waals surface area contributed by atoms with Crippen LogP contribution in [0.1, 0.15) is 12.5 Å². The van der Waals surface area contributed by atoms with Crippen LogP contribution in [0.5, 0.6) is 0 Å². The molecule has 2 aromatic rings. The maximum Gasteiger partial charge on any atom is 0.0545 e. The molecule has 2 aromatic carbocycles. The highest BCUT2D eigenvalue weighted by Crippen LogP contribution is 2.37. The van der Waals surface area contributed by atoms with Crippen LogP contribution in [-0.2, 0) is 6.54 Å². The van der Waals surface area contributed by atoms with Crippen molar-refractivity contribution in [2.75, 3.05) is 6.54 Å². The predicted molar refractivity (Wildman–Crippen MR) is 84.4 cm³/mol. The average molecular weight is 312 g/mol. The summed E-state index contributed by atoms with van der Waals surface area (Å²) in [7, 11) is 0. The Labute approximate surface area is 128 Å².